The highest BCUT2D eigenvalue weighted by Gasteiger charge is 2.16. The van der Waals surface area contributed by atoms with E-state index in [1.807, 2.05) is 13.1 Å². The van der Waals surface area contributed by atoms with Crippen LogP contribution in [0.2, 0.25) is 19.1 Å². The van der Waals surface area contributed by atoms with E-state index in [0.717, 1.165) is 12.5 Å². The van der Waals surface area contributed by atoms with Gasteiger partial charge in [0.05, 0.1) is 5.69 Å². The summed E-state index contributed by atoms with van der Waals surface area (Å²) in [5.41, 5.74) is 0.424. The van der Waals surface area contributed by atoms with E-state index in [2.05, 4.69) is 0 Å². The second-order valence-electron chi connectivity index (χ2n) is 4.48. The molecule has 0 fully saturated rings. The first-order chi connectivity index (χ1) is 7.44. The maximum absolute atomic E-state index is 11.2. The summed E-state index contributed by atoms with van der Waals surface area (Å²) in [5, 5.41) is 0. The standard InChI is InChI=1S/C11H17NO3Si/c1-16(2,15)8-4-7-12-6-3-5-10(12)11(14)9-13/h3,5-6,9,15H,4,7-8H2,1-2H3. The number of ketones is 1. The maximum Gasteiger partial charge on any atom is 0.241 e. The molecule has 5 heteroatoms. The first-order valence-corrected chi connectivity index (χ1v) is 8.46. The van der Waals surface area contributed by atoms with E-state index in [0.29, 0.717) is 18.5 Å². The fraction of sp³-hybridized carbons (Fsp3) is 0.455. The van der Waals surface area contributed by atoms with Gasteiger partial charge in [-0.25, -0.2) is 0 Å². The fourth-order valence-electron chi connectivity index (χ4n) is 1.58. The molecule has 4 nitrogen and oxygen atoms in total. The fourth-order valence-corrected chi connectivity index (χ4v) is 2.60. The summed E-state index contributed by atoms with van der Waals surface area (Å²) in [7, 11) is -2.01. The summed E-state index contributed by atoms with van der Waals surface area (Å²) in [5.74, 6) is -0.495. The SMILES string of the molecule is C[Si](C)(O)CCCn1cccc1C(=O)C=O. The van der Waals surface area contributed by atoms with Gasteiger partial charge in [0.2, 0.25) is 5.78 Å². The van der Waals surface area contributed by atoms with E-state index < -0.39 is 14.1 Å². The maximum atomic E-state index is 11.2. The van der Waals surface area contributed by atoms with Crippen LogP contribution in [-0.4, -0.2) is 29.7 Å². The molecule has 1 aromatic rings. The van der Waals surface area contributed by atoms with Gasteiger partial charge in [-0.05, 0) is 37.7 Å². The molecule has 0 bridgehead atoms. The van der Waals surface area contributed by atoms with Crippen LogP contribution in [0.25, 0.3) is 0 Å². The Morgan fingerprint density at radius 3 is 2.81 bits per heavy atom. The van der Waals surface area contributed by atoms with Crippen molar-refractivity contribution in [3.8, 4) is 0 Å². The molecule has 0 saturated carbocycles. The molecule has 0 spiro atoms. The van der Waals surface area contributed by atoms with E-state index in [-0.39, 0.29) is 0 Å². The monoisotopic (exact) mass is 239 g/mol. The van der Waals surface area contributed by atoms with Gasteiger partial charge in [0.25, 0.3) is 0 Å². The summed E-state index contributed by atoms with van der Waals surface area (Å²) < 4.78 is 1.76. The predicted molar refractivity (Wildman–Crippen MR) is 64.0 cm³/mol. The van der Waals surface area contributed by atoms with Crippen molar-refractivity contribution in [3.63, 3.8) is 0 Å². The van der Waals surface area contributed by atoms with E-state index in [4.69, 9.17) is 0 Å². The molecule has 0 aliphatic heterocycles. The van der Waals surface area contributed by atoms with Crippen LogP contribution < -0.4 is 0 Å². The van der Waals surface area contributed by atoms with Crippen molar-refractivity contribution in [3.05, 3.63) is 24.0 Å². The number of hydrogen-bond donors (Lipinski definition) is 1. The number of aldehydes is 1. The van der Waals surface area contributed by atoms with Crippen LogP contribution in [0.1, 0.15) is 16.9 Å². The molecule has 0 aliphatic rings. The van der Waals surface area contributed by atoms with Crippen LogP contribution in [0, 0.1) is 0 Å². The lowest BCUT2D eigenvalue weighted by atomic mass is 10.3. The summed E-state index contributed by atoms with van der Waals surface area (Å²) in [4.78, 5) is 31.3. The zero-order chi connectivity index (χ0) is 12.2. The summed E-state index contributed by atoms with van der Waals surface area (Å²) in [6.07, 6.45) is 2.93. The number of nitrogens with zero attached hydrogens (tertiary/aromatic N) is 1. The number of aromatic nitrogens is 1. The van der Waals surface area contributed by atoms with Crippen LogP contribution in [0.4, 0.5) is 0 Å². The van der Waals surface area contributed by atoms with Gasteiger partial charge in [0, 0.05) is 12.7 Å². The molecule has 0 amide bonds. The van der Waals surface area contributed by atoms with Crippen molar-refractivity contribution in [1.82, 2.24) is 4.57 Å². The quantitative estimate of drug-likeness (QED) is 0.354. The van der Waals surface area contributed by atoms with Gasteiger partial charge in [0.15, 0.2) is 14.6 Å². The highest BCUT2D eigenvalue weighted by atomic mass is 28.4. The van der Waals surface area contributed by atoms with Gasteiger partial charge in [-0.3, -0.25) is 9.59 Å². The minimum atomic E-state index is -2.01. The molecule has 1 rings (SSSR count). The lowest BCUT2D eigenvalue weighted by molar-refractivity contribution is -0.104. The largest absolute Gasteiger partial charge is 0.432 e. The minimum absolute atomic E-state index is 0.330. The zero-order valence-corrected chi connectivity index (χ0v) is 10.6. The molecule has 0 unspecified atom stereocenters. The Balaban J connectivity index is 2.58. The van der Waals surface area contributed by atoms with Gasteiger partial charge < -0.3 is 9.36 Å². The first kappa shape index (κ1) is 12.9. The first-order valence-electron chi connectivity index (χ1n) is 5.31. The summed E-state index contributed by atoms with van der Waals surface area (Å²) in [6.45, 7) is 4.44. The van der Waals surface area contributed by atoms with Crippen molar-refractivity contribution in [2.24, 2.45) is 0 Å². The number of carbonyl (C=O) groups excluding carboxylic acids is 2. The molecule has 0 atom stereocenters. The van der Waals surface area contributed by atoms with Crippen LogP contribution in [0.15, 0.2) is 18.3 Å². The second-order valence-corrected chi connectivity index (χ2v) is 8.61. The van der Waals surface area contributed by atoms with Gasteiger partial charge >= 0.3 is 0 Å². The third-order valence-electron chi connectivity index (χ3n) is 2.38. The Labute approximate surface area is 96.0 Å². The van der Waals surface area contributed by atoms with Crippen LogP contribution >= 0.6 is 0 Å². The zero-order valence-electron chi connectivity index (χ0n) is 9.64. The van der Waals surface area contributed by atoms with E-state index >= 15 is 0 Å². The lowest BCUT2D eigenvalue weighted by Crippen LogP contribution is -2.25. The Bertz CT molecular complexity index is 379. The molecule has 0 aromatic carbocycles. The molecule has 0 saturated heterocycles. The van der Waals surface area contributed by atoms with E-state index in [1.54, 1.807) is 22.9 Å². The van der Waals surface area contributed by atoms with Crippen molar-refractivity contribution in [2.75, 3.05) is 0 Å². The van der Waals surface area contributed by atoms with Crippen LogP contribution in [-0.2, 0) is 11.3 Å². The average molecular weight is 239 g/mol. The Morgan fingerprint density at radius 1 is 1.56 bits per heavy atom. The molecule has 1 heterocycles. The summed E-state index contributed by atoms with van der Waals surface area (Å²) >= 11 is 0. The number of rotatable bonds is 6. The average Bonchev–Trinajstić information content (AvgIpc) is 2.63. The van der Waals surface area contributed by atoms with Crippen molar-refractivity contribution in [2.45, 2.75) is 32.1 Å². The van der Waals surface area contributed by atoms with Crippen LogP contribution in [0.5, 0.6) is 0 Å². The third kappa shape index (κ3) is 3.75. The van der Waals surface area contributed by atoms with Crippen molar-refractivity contribution in [1.29, 1.82) is 0 Å². The number of aryl methyl sites for hydroxylation is 1. The topological polar surface area (TPSA) is 59.3 Å². The minimum Gasteiger partial charge on any atom is -0.432 e. The molecular formula is C11H17NO3Si. The normalized spacial score (nSPS) is 11.4. The summed E-state index contributed by atoms with van der Waals surface area (Å²) in [6, 6.07) is 4.18. The van der Waals surface area contributed by atoms with Gasteiger partial charge in [0.1, 0.15) is 0 Å². The smallest absolute Gasteiger partial charge is 0.241 e. The van der Waals surface area contributed by atoms with Crippen molar-refractivity contribution < 1.29 is 14.4 Å². The molecule has 88 valence electrons. The number of carbonyl (C=O) groups is 2. The molecular weight excluding hydrogens is 222 g/mol. The highest BCUT2D eigenvalue weighted by Crippen LogP contribution is 2.11. The predicted octanol–water partition coefficient (Wildman–Crippen LogP) is 1.46. The number of Topliss-reactive ketones (excluding diaryl/α,β-unsaturated/α-hetero) is 1. The Morgan fingerprint density at radius 2 is 2.25 bits per heavy atom. The Kier molecular flexibility index (Phi) is 4.20. The van der Waals surface area contributed by atoms with E-state index in [9.17, 15) is 14.4 Å². The van der Waals surface area contributed by atoms with E-state index in [1.165, 1.54) is 0 Å². The molecule has 1 N–H and O–H groups in total. The highest BCUT2D eigenvalue weighted by molar-refractivity contribution is 6.69. The Hall–Kier alpha value is -1.20. The molecule has 16 heavy (non-hydrogen) atoms. The lowest BCUT2D eigenvalue weighted by Gasteiger charge is -2.14. The molecule has 0 aliphatic carbocycles. The second kappa shape index (κ2) is 5.22. The van der Waals surface area contributed by atoms with Gasteiger partial charge in [-0.2, -0.15) is 0 Å². The van der Waals surface area contributed by atoms with Crippen LogP contribution in [0.3, 0.4) is 0 Å². The number of hydrogen-bond acceptors (Lipinski definition) is 3. The van der Waals surface area contributed by atoms with Gasteiger partial charge in [-0.1, -0.05) is 0 Å². The third-order valence-corrected chi connectivity index (χ3v) is 3.95. The molecule has 1 aromatic heterocycles. The van der Waals surface area contributed by atoms with Gasteiger partial charge in [-0.15, -0.1) is 0 Å². The van der Waals surface area contributed by atoms with Crippen molar-refractivity contribution >= 4 is 20.4 Å². The molecule has 0 radical (unpaired) electrons.